The van der Waals surface area contributed by atoms with Gasteiger partial charge in [0, 0.05) is 24.8 Å². The quantitative estimate of drug-likeness (QED) is 0.801. The second-order valence-electron chi connectivity index (χ2n) is 5.42. The SMILES string of the molecule is CCCN(c1ccc(CNCC)cc1C(F)(F)F)C(C)C. The molecular weight excluding hydrogens is 277 g/mol. The molecule has 21 heavy (non-hydrogen) atoms. The first-order chi connectivity index (χ1) is 9.81. The number of hydrogen-bond acceptors (Lipinski definition) is 2. The number of alkyl halides is 3. The van der Waals surface area contributed by atoms with Crippen LogP contribution in [0.2, 0.25) is 0 Å². The predicted molar refractivity (Wildman–Crippen MR) is 81.6 cm³/mol. The van der Waals surface area contributed by atoms with E-state index in [1.165, 1.54) is 6.07 Å². The van der Waals surface area contributed by atoms with E-state index in [2.05, 4.69) is 5.32 Å². The minimum Gasteiger partial charge on any atom is -0.369 e. The molecule has 0 bridgehead atoms. The summed E-state index contributed by atoms with van der Waals surface area (Å²) in [5.41, 5.74) is 0.396. The van der Waals surface area contributed by atoms with Crippen LogP contribution in [0.4, 0.5) is 18.9 Å². The molecular formula is C16H25F3N2. The lowest BCUT2D eigenvalue weighted by atomic mass is 10.1. The first kappa shape index (κ1) is 17.8. The maximum absolute atomic E-state index is 13.4. The summed E-state index contributed by atoms with van der Waals surface area (Å²) in [6.07, 6.45) is -3.52. The Hall–Kier alpha value is -1.23. The smallest absolute Gasteiger partial charge is 0.369 e. The monoisotopic (exact) mass is 302 g/mol. The van der Waals surface area contributed by atoms with Crippen LogP contribution in [0, 0.1) is 0 Å². The molecule has 0 unspecified atom stereocenters. The van der Waals surface area contributed by atoms with Crippen molar-refractivity contribution in [1.82, 2.24) is 5.32 Å². The van der Waals surface area contributed by atoms with Gasteiger partial charge in [0.25, 0.3) is 0 Å². The summed E-state index contributed by atoms with van der Waals surface area (Å²) in [6, 6.07) is 4.68. The van der Waals surface area contributed by atoms with Crippen LogP contribution in [0.25, 0.3) is 0 Å². The standard InChI is InChI=1S/C16H25F3N2/c1-5-9-21(12(3)4)15-8-7-13(11-20-6-2)10-14(15)16(17,18)19/h7-8,10,12,20H,5-6,9,11H2,1-4H3. The van der Waals surface area contributed by atoms with Crippen LogP contribution in [-0.2, 0) is 12.7 Å². The Morgan fingerprint density at radius 1 is 1.19 bits per heavy atom. The number of nitrogens with one attached hydrogen (secondary N) is 1. The van der Waals surface area contributed by atoms with Gasteiger partial charge in [-0.2, -0.15) is 13.2 Å². The lowest BCUT2D eigenvalue weighted by Gasteiger charge is -2.31. The van der Waals surface area contributed by atoms with Gasteiger partial charge in [0.2, 0.25) is 0 Å². The molecule has 5 heteroatoms. The maximum atomic E-state index is 13.4. The summed E-state index contributed by atoms with van der Waals surface area (Å²) in [5.74, 6) is 0. The van der Waals surface area contributed by atoms with Gasteiger partial charge < -0.3 is 10.2 Å². The van der Waals surface area contributed by atoms with Crippen molar-refractivity contribution in [1.29, 1.82) is 0 Å². The van der Waals surface area contributed by atoms with Gasteiger partial charge in [-0.1, -0.05) is 19.9 Å². The lowest BCUT2D eigenvalue weighted by molar-refractivity contribution is -0.137. The Morgan fingerprint density at radius 3 is 2.33 bits per heavy atom. The van der Waals surface area contributed by atoms with Gasteiger partial charge in [-0.15, -0.1) is 0 Å². The Labute approximate surface area is 125 Å². The lowest BCUT2D eigenvalue weighted by Crippen LogP contribution is -2.33. The number of anilines is 1. The molecule has 0 saturated carbocycles. The Kier molecular flexibility index (Phi) is 6.52. The topological polar surface area (TPSA) is 15.3 Å². The highest BCUT2D eigenvalue weighted by Crippen LogP contribution is 2.38. The van der Waals surface area contributed by atoms with Gasteiger partial charge >= 0.3 is 6.18 Å². The van der Waals surface area contributed by atoms with Crippen LogP contribution < -0.4 is 10.2 Å². The Morgan fingerprint density at radius 2 is 1.86 bits per heavy atom. The van der Waals surface area contributed by atoms with E-state index < -0.39 is 11.7 Å². The highest BCUT2D eigenvalue weighted by Gasteiger charge is 2.35. The molecule has 0 fully saturated rings. The molecule has 1 N–H and O–H groups in total. The molecule has 1 aromatic rings. The number of rotatable bonds is 7. The number of hydrogen-bond donors (Lipinski definition) is 1. The zero-order chi connectivity index (χ0) is 16.0. The molecule has 1 aromatic carbocycles. The molecule has 120 valence electrons. The summed E-state index contributed by atoms with van der Waals surface area (Å²) in [7, 11) is 0. The third kappa shape index (κ3) is 4.92. The zero-order valence-corrected chi connectivity index (χ0v) is 13.2. The van der Waals surface area contributed by atoms with E-state index >= 15 is 0 Å². The molecule has 0 atom stereocenters. The van der Waals surface area contributed by atoms with E-state index in [-0.39, 0.29) is 11.7 Å². The van der Waals surface area contributed by atoms with Crippen molar-refractivity contribution in [2.45, 2.75) is 52.9 Å². The molecule has 0 aliphatic carbocycles. The van der Waals surface area contributed by atoms with E-state index in [0.29, 0.717) is 18.7 Å². The summed E-state index contributed by atoms with van der Waals surface area (Å²) in [4.78, 5) is 1.82. The van der Waals surface area contributed by atoms with Gasteiger partial charge in [0.1, 0.15) is 0 Å². The van der Waals surface area contributed by atoms with E-state index in [1.807, 2.05) is 32.6 Å². The van der Waals surface area contributed by atoms with Gasteiger partial charge in [-0.05, 0) is 44.5 Å². The van der Waals surface area contributed by atoms with Gasteiger partial charge in [0.05, 0.1) is 5.56 Å². The van der Waals surface area contributed by atoms with Crippen LogP contribution >= 0.6 is 0 Å². The van der Waals surface area contributed by atoms with Crippen molar-refractivity contribution in [3.05, 3.63) is 29.3 Å². The summed E-state index contributed by atoms with van der Waals surface area (Å²) in [5, 5.41) is 3.06. The van der Waals surface area contributed by atoms with Crippen molar-refractivity contribution in [3.8, 4) is 0 Å². The van der Waals surface area contributed by atoms with Crippen molar-refractivity contribution in [3.63, 3.8) is 0 Å². The summed E-state index contributed by atoms with van der Waals surface area (Å²) >= 11 is 0. The number of nitrogens with zero attached hydrogens (tertiary/aromatic N) is 1. The zero-order valence-electron chi connectivity index (χ0n) is 13.2. The minimum absolute atomic E-state index is 0.0330. The average Bonchev–Trinajstić information content (AvgIpc) is 2.41. The van der Waals surface area contributed by atoms with Gasteiger partial charge in [0.15, 0.2) is 0 Å². The fourth-order valence-corrected chi connectivity index (χ4v) is 2.34. The molecule has 1 rings (SSSR count). The second-order valence-corrected chi connectivity index (χ2v) is 5.42. The van der Waals surface area contributed by atoms with Crippen LogP contribution in [0.3, 0.4) is 0 Å². The van der Waals surface area contributed by atoms with Crippen LogP contribution in [0.1, 0.15) is 45.2 Å². The first-order valence-electron chi connectivity index (χ1n) is 7.48. The predicted octanol–water partition coefficient (Wildman–Crippen LogP) is 4.44. The average molecular weight is 302 g/mol. The van der Waals surface area contributed by atoms with E-state index in [0.717, 1.165) is 13.0 Å². The molecule has 2 nitrogen and oxygen atoms in total. The Balaban J connectivity index is 3.23. The number of halogens is 3. The van der Waals surface area contributed by atoms with Crippen LogP contribution in [0.5, 0.6) is 0 Å². The van der Waals surface area contributed by atoms with Gasteiger partial charge in [-0.3, -0.25) is 0 Å². The normalized spacial score (nSPS) is 12.0. The molecule has 0 heterocycles. The maximum Gasteiger partial charge on any atom is 0.418 e. The van der Waals surface area contributed by atoms with E-state index in [1.54, 1.807) is 12.1 Å². The molecule has 0 spiro atoms. The molecule has 0 aliphatic heterocycles. The van der Waals surface area contributed by atoms with Crippen molar-refractivity contribution in [2.75, 3.05) is 18.0 Å². The molecule has 0 aromatic heterocycles. The fourth-order valence-electron chi connectivity index (χ4n) is 2.34. The highest BCUT2D eigenvalue weighted by molar-refractivity contribution is 5.57. The van der Waals surface area contributed by atoms with Crippen molar-refractivity contribution >= 4 is 5.69 Å². The first-order valence-corrected chi connectivity index (χ1v) is 7.48. The summed E-state index contributed by atoms with van der Waals surface area (Å²) < 4.78 is 40.1. The molecule has 0 amide bonds. The van der Waals surface area contributed by atoms with Crippen molar-refractivity contribution in [2.24, 2.45) is 0 Å². The van der Waals surface area contributed by atoms with E-state index in [9.17, 15) is 13.2 Å². The molecule has 0 saturated heterocycles. The second kappa shape index (κ2) is 7.69. The summed E-state index contributed by atoms with van der Waals surface area (Å²) in [6.45, 7) is 9.55. The molecule has 0 aliphatic rings. The van der Waals surface area contributed by atoms with Crippen LogP contribution in [-0.4, -0.2) is 19.1 Å². The van der Waals surface area contributed by atoms with Gasteiger partial charge in [-0.25, -0.2) is 0 Å². The number of benzene rings is 1. The highest BCUT2D eigenvalue weighted by atomic mass is 19.4. The molecule has 0 radical (unpaired) electrons. The van der Waals surface area contributed by atoms with E-state index in [4.69, 9.17) is 0 Å². The Bertz CT molecular complexity index is 442. The van der Waals surface area contributed by atoms with Crippen molar-refractivity contribution < 1.29 is 13.2 Å². The van der Waals surface area contributed by atoms with Crippen LogP contribution in [0.15, 0.2) is 18.2 Å². The third-order valence-electron chi connectivity index (χ3n) is 3.34. The minimum atomic E-state index is -4.33. The fraction of sp³-hybridized carbons (Fsp3) is 0.625. The largest absolute Gasteiger partial charge is 0.418 e. The third-order valence-corrected chi connectivity index (χ3v) is 3.34.